The van der Waals surface area contributed by atoms with E-state index >= 15 is 0 Å². The molecule has 0 aliphatic heterocycles. The second-order valence-corrected chi connectivity index (χ2v) is 4.85. The molecule has 0 aliphatic rings. The van der Waals surface area contributed by atoms with Crippen molar-refractivity contribution in [3.63, 3.8) is 0 Å². The summed E-state index contributed by atoms with van der Waals surface area (Å²) in [5.41, 5.74) is 7.04. The largest absolute Gasteiger partial charge is 0.493 e. The van der Waals surface area contributed by atoms with Gasteiger partial charge in [-0.2, -0.15) is 5.10 Å². The number of nitrogen functional groups attached to an aromatic ring is 1. The lowest BCUT2D eigenvalue weighted by atomic mass is 10.00. The van der Waals surface area contributed by atoms with E-state index in [2.05, 4.69) is 5.10 Å². The van der Waals surface area contributed by atoms with E-state index in [1.807, 2.05) is 25.1 Å². The fourth-order valence-corrected chi connectivity index (χ4v) is 2.13. The van der Waals surface area contributed by atoms with Crippen LogP contribution in [0.15, 0.2) is 30.6 Å². The quantitative estimate of drug-likeness (QED) is 0.910. The number of hydrogen-bond donors (Lipinski definition) is 1. The van der Waals surface area contributed by atoms with E-state index in [1.54, 1.807) is 14.2 Å². The molecule has 6 nitrogen and oxygen atoms in total. The van der Waals surface area contributed by atoms with Crippen LogP contribution in [-0.4, -0.2) is 29.9 Å². The van der Waals surface area contributed by atoms with Gasteiger partial charge in [-0.1, -0.05) is 13.0 Å². The van der Waals surface area contributed by atoms with Gasteiger partial charge in [0.15, 0.2) is 11.5 Å². The van der Waals surface area contributed by atoms with Crippen LogP contribution < -0.4 is 15.2 Å². The lowest BCUT2D eigenvalue weighted by Gasteiger charge is -2.13. The number of carbonyl (C=O) groups excluding carboxylic acids is 1. The van der Waals surface area contributed by atoms with Gasteiger partial charge in [0, 0.05) is 5.92 Å². The van der Waals surface area contributed by atoms with Crippen molar-refractivity contribution < 1.29 is 14.3 Å². The Kier molecular flexibility index (Phi) is 4.47. The summed E-state index contributed by atoms with van der Waals surface area (Å²) in [5, 5.41) is 3.94. The van der Waals surface area contributed by atoms with E-state index in [0.29, 0.717) is 23.6 Å². The van der Waals surface area contributed by atoms with Gasteiger partial charge in [-0.25, -0.2) is 4.68 Å². The number of nitrogens with two attached hydrogens (primary N) is 1. The molecule has 0 saturated carbocycles. The molecule has 2 rings (SSSR count). The Balaban J connectivity index is 2.12. The van der Waals surface area contributed by atoms with Crippen LogP contribution >= 0.6 is 0 Å². The Bertz CT molecular complexity index is 637. The predicted molar refractivity (Wildman–Crippen MR) is 79.7 cm³/mol. The summed E-state index contributed by atoms with van der Waals surface area (Å²) in [6.45, 7) is 1.86. The third-order valence-electron chi connectivity index (χ3n) is 3.24. The van der Waals surface area contributed by atoms with Gasteiger partial charge >= 0.3 is 0 Å². The Morgan fingerprint density at radius 2 is 2.05 bits per heavy atom. The smallest absolute Gasteiger partial charge is 0.250 e. The van der Waals surface area contributed by atoms with Crippen LogP contribution in [0.3, 0.4) is 0 Å². The van der Waals surface area contributed by atoms with Crippen molar-refractivity contribution in [2.45, 2.75) is 13.3 Å². The lowest BCUT2D eigenvalue weighted by Crippen LogP contribution is -2.21. The number of rotatable bonds is 5. The molecular weight excluding hydrogens is 270 g/mol. The minimum absolute atomic E-state index is 0.0958. The molecule has 0 fully saturated rings. The van der Waals surface area contributed by atoms with Crippen LogP contribution in [-0.2, 0) is 6.42 Å². The van der Waals surface area contributed by atoms with Crippen molar-refractivity contribution in [1.29, 1.82) is 0 Å². The summed E-state index contributed by atoms with van der Waals surface area (Å²) < 4.78 is 11.7. The van der Waals surface area contributed by atoms with Gasteiger partial charge in [-0.3, -0.25) is 4.79 Å². The molecule has 2 N–H and O–H groups in total. The average molecular weight is 289 g/mol. The minimum Gasteiger partial charge on any atom is -0.493 e. The molecule has 1 aromatic carbocycles. The molecule has 0 amide bonds. The van der Waals surface area contributed by atoms with Crippen molar-refractivity contribution >= 4 is 11.6 Å². The standard InChI is InChI=1S/C15H19N3O3/c1-10(15(19)18-9-12(16)8-17-18)6-11-4-5-13(20-2)14(7-11)21-3/h4-5,7-10H,6,16H2,1-3H3. The van der Waals surface area contributed by atoms with E-state index in [0.717, 1.165) is 5.56 Å². The summed E-state index contributed by atoms with van der Waals surface area (Å²) in [4.78, 5) is 12.2. The van der Waals surface area contributed by atoms with Crippen LogP contribution in [0.2, 0.25) is 0 Å². The van der Waals surface area contributed by atoms with E-state index in [9.17, 15) is 4.79 Å². The van der Waals surface area contributed by atoms with Crippen molar-refractivity contribution in [1.82, 2.24) is 9.78 Å². The van der Waals surface area contributed by atoms with Gasteiger partial charge in [0.2, 0.25) is 5.91 Å². The molecule has 0 saturated heterocycles. The summed E-state index contributed by atoms with van der Waals surface area (Å²) in [7, 11) is 3.18. The van der Waals surface area contributed by atoms with Gasteiger partial charge in [0.05, 0.1) is 32.3 Å². The van der Waals surface area contributed by atoms with Crippen molar-refractivity contribution in [2.75, 3.05) is 20.0 Å². The Morgan fingerprint density at radius 3 is 2.62 bits per heavy atom. The molecule has 1 aromatic heterocycles. The molecule has 0 spiro atoms. The van der Waals surface area contributed by atoms with Gasteiger partial charge < -0.3 is 15.2 Å². The number of carbonyl (C=O) groups is 1. The zero-order valence-corrected chi connectivity index (χ0v) is 12.4. The van der Waals surface area contributed by atoms with Gasteiger partial charge in [-0.05, 0) is 24.1 Å². The molecule has 1 heterocycles. The zero-order valence-electron chi connectivity index (χ0n) is 12.4. The topological polar surface area (TPSA) is 79.4 Å². The maximum absolute atomic E-state index is 12.2. The first kappa shape index (κ1) is 14.9. The Labute approximate surface area is 123 Å². The average Bonchev–Trinajstić information content (AvgIpc) is 2.92. The highest BCUT2D eigenvalue weighted by molar-refractivity contribution is 5.81. The first-order valence-electron chi connectivity index (χ1n) is 6.60. The fraction of sp³-hybridized carbons (Fsp3) is 0.333. The molecule has 21 heavy (non-hydrogen) atoms. The summed E-state index contributed by atoms with van der Waals surface area (Å²) in [5.74, 6) is 1.00. The van der Waals surface area contributed by atoms with E-state index in [4.69, 9.17) is 15.2 Å². The highest BCUT2D eigenvalue weighted by atomic mass is 16.5. The molecule has 0 bridgehead atoms. The number of nitrogens with zero attached hydrogens (tertiary/aromatic N) is 2. The molecule has 6 heteroatoms. The first-order valence-corrected chi connectivity index (χ1v) is 6.60. The van der Waals surface area contributed by atoms with Crippen LogP contribution in [0.4, 0.5) is 5.69 Å². The first-order chi connectivity index (χ1) is 10.0. The maximum Gasteiger partial charge on any atom is 0.250 e. The number of hydrogen-bond acceptors (Lipinski definition) is 5. The molecule has 0 radical (unpaired) electrons. The van der Waals surface area contributed by atoms with E-state index < -0.39 is 0 Å². The number of anilines is 1. The van der Waals surface area contributed by atoms with Gasteiger partial charge in [0.25, 0.3) is 0 Å². The van der Waals surface area contributed by atoms with Crippen LogP contribution in [0, 0.1) is 5.92 Å². The van der Waals surface area contributed by atoms with Crippen LogP contribution in [0.25, 0.3) is 0 Å². The van der Waals surface area contributed by atoms with Gasteiger partial charge in [0.1, 0.15) is 0 Å². The number of aromatic nitrogens is 2. The maximum atomic E-state index is 12.2. The Morgan fingerprint density at radius 1 is 1.33 bits per heavy atom. The van der Waals surface area contributed by atoms with Crippen LogP contribution in [0.1, 0.15) is 17.3 Å². The summed E-state index contributed by atoms with van der Waals surface area (Å²) in [6.07, 6.45) is 3.56. The number of ether oxygens (including phenoxy) is 2. The fourth-order valence-electron chi connectivity index (χ4n) is 2.13. The van der Waals surface area contributed by atoms with E-state index in [1.165, 1.54) is 17.1 Å². The zero-order chi connectivity index (χ0) is 15.4. The lowest BCUT2D eigenvalue weighted by molar-refractivity contribution is 0.0827. The molecule has 1 atom stereocenters. The van der Waals surface area contributed by atoms with E-state index in [-0.39, 0.29) is 11.8 Å². The van der Waals surface area contributed by atoms with Crippen molar-refractivity contribution in [2.24, 2.45) is 5.92 Å². The number of benzene rings is 1. The molecule has 2 aromatic rings. The minimum atomic E-state index is -0.220. The SMILES string of the molecule is COc1ccc(CC(C)C(=O)n2cc(N)cn2)cc1OC. The van der Waals surface area contributed by atoms with Crippen molar-refractivity contribution in [3.05, 3.63) is 36.2 Å². The van der Waals surface area contributed by atoms with Crippen molar-refractivity contribution in [3.8, 4) is 11.5 Å². The molecular formula is C15H19N3O3. The molecule has 112 valence electrons. The predicted octanol–water partition coefficient (Wildman–Crippen LogP) is 2.00. The second-order valence-electron chi connectivity index (χ2n) is 4.85. The highest BCUT2D eigenvalue weighted by Gasteiger charge is 2.17. The Hall–Kier alpha value is -2.50. The monoisotopic (exact) mass is 289 g/mol. The second kappa shape index (κ2) is 6.30. The third-order valence-corrected chi connectivity index (χ3v) is 3.24. The molecule has 0 aliphatic carbocycles. The summed E-state index contributed by atoms with van der Waals surface area (Å²) in [6, 6.07) is 5.62. The van der Waals surface area contributed by atoms with Crippen LogP contribution in [0.5, 0.6) is 11.5 Å². The summed E-state index contributed by atoms with van der Waals surface area (Å²) >= 11 is 0. The number of methoxy groups -OCH3 is 2. The molecule has 1 unspecified atom stereocenters. The highest BCUT2D eigenvalue weighted by Crippen LogP contribution is 2.28. The van der Waals surface area contributed by atoms with Gasteiger partial charge in [-0.15, -0.1) is 0 Å². The third kappa shape index (κ3) is 3.34. The normalized spacial score (nSPS) is 12.0.